The summed E-state index contributed by atoms with van der Waals surface area (Å²) < 4.78 is 27.5. The summed E-state index contributed by atoms with van der Waals surface area (Å²) in [7, 11) is 0. The fourth-order valence-corrected chi connectivity index (χ4v) is 3.89. The molecule has 1 aromatic carbocycles. The van der Waals surface area contributed by atoms with E-state index >= 15 is 0 Å². The van der Waals surface area contributed by atoms with E-state index in [1.165, 1.54) is 18.2 Å². The van der Waals surface area contributed by atoms with Crippen molar-refractivity contribution in [2.45, 2.75) is 32.2 Å². The lowest BCUT2D eigenvalue weighted by atomic mass is 9.92. The molecule has 1 aliphatic rings. The zero-order chi connectivity index (χ0) is 13.7. The average Bonchev–Trinajstić information content (AvgIpc) is 2.91. The lowest BCUT2D eigenvalue weighted by molar-refractivity contribution is 0.371. The molecule has 2 unspecified atom stereocenters. The van der Waals surface area contributed by atoms with Crippen LogP contribution in [0.15, 0.2) is 18.2 Å². The molecule has 1 aliphatic heterocycles. The Morgan fingerprint density at radius 3 is 2.68 bits per heavy atom. The van der Waals surface area contributed by atoms with E-state index in [1.54, 1.807) is 0 Å². The maximum Gasteiger partial charge on any atom is 0.129 e. The summed E-state index contributed by atoms with van der Waals surface area (Å²) in [5.74, 6) is 1.94. The lowest BCUT2D eigenvalue weighted by Crippen LogP contribution is -2.39. The van der Waals surface area contributed by atoms with Gasteiger partial charge in [-0.25, -0.2) is 8.78 Å². The number of halogens is 2. The SMILES string of the molecule is CCCNC(Cc1c(F)cccc1F)C1CCSC1. The summed E-state index contributed by atoms with van der Waals surface area (Å²) >= 11 is 1.94. The Kier molecular flexibility index (Phi) is 5.64. The second-order valence-electron chi connectivity index (χ2n) is 5.09. The predicted octanol–water partition coefficient (Wildman–Crippen LogP) is 3.63. The van der Waals surface area contributed by atoms with Crippen molar-refractivity contribution in [2.75, 3.05) is 18.1 Å². The van der Waals surface area contributed by atoms with Crippen LogP contribution in [0.25, 0.3) is 0 Å². The van der Waals surface area contributed by atoms with E-state index in [0.717, 1.165) is 30.9 Å². The smallest absolute Gasteiger partial charge is 0.129 e. The third-order valence-electron chi connectivity index (χ3n) is 3.68. The van der Waals surface area contributed by atoms with Crippen LogP contribution in [0, 0.1) is 17.6 Å². The van der Waals surface area contributed by atoms with E-state index in [9.17, 15) is 8.78 Å². The number of benzene rings is 1. The molecule has 1 aromatic rings. The summed E-state index contributed by atoms with van der Waals surface area (Å²) in [4.78, 5) is 0. The van der Waals surface area contributed by atoms with Gasteiger partial charge in [-0.2, -0.15) is 11.8 Å². The molecule has 1 nitrogen and oxygen atoms in total. The quantitative estimate of drug-likeness (QED) is 0.856. The van der Waals surface area contributed by atoms with E-state index in [0.29, 0.717) is 12.3 Å². The highest BCUT2D eigenvalue weighted by molar-refractivity contribution is 7.99. The third-order valence-corrected chi connectivity index (χ3v) is 4.86. The Balaban J connectivity index is 2.10. The highest BCUT2D eigenvalue weighted by Crippen LogP contribution is 2.28. The molecule has 1 N–H and O–H groups in total. The van der Waals surface area contributed by atoms with Gasteiger partial charge in [-0.1, -0.05) is 13.0 Å². The second-order valence-corrected chi connectivity index (χ2v) is 6.24. The first-order valence-electron chi connectivity index (χ1n) is 6.96. The van der Waals surface area contributed by atoms with Crippen LogP contribution in [0.3, 0.4) is 0 Å². The summed E-state index contributed by atoms with van der Waals surface area (Å²) in [5.41, 5.74) is 0.230. The van der Waals surface area contributed by atoms with E-state index in [4.69, 9.17) is 0 Å². The van der Waals surface area contributed by atoms with E-state index in [-0.39, 0.29) is 11.6 Å². The number of nitrogens with one attached hydrogen (secondary N) is 1. The van der Waals surface area contributed by atoms with Gasteiger partial charge in [0, 0.05) is 11.6 Å². The van der Waals surface area contributed by atoms with Gasteiger partial charge in [-0.05, 0) is 55.4 Å². The molecular formula is C15H21F2NS. The van der Waals surface area contributed by atoms with Crippen LogP contribution in [0.5, 0.6) is 0 Å². The summed E-state index contributed by atoms with van der Waals surface area (Å²) in [6.45, 7) is 3.01. The third kappa shape index (κ3) is 3.93. The van der Waals surface area contributed by atoms with Crippen molar-refractivity contribution in [1.82, 2.24) is 5.32 Å². The molecule has 2 atom stereocenters. The Bertz CT molecular complexity index is 385. The maximum absolute atomic E-state index is 13.7. The fraction of sp³-hybridized carbons (Fsp3) is 0.600. The molecule has 106 valence electrons. The van der Waals surface area contributed by atoms with Crippen LogP contribution in [0.1, 0.15) is 25.3 Å². The fourth-order valence-electron chi connectivity index (χ4n) is 2.55. The minimum absolute atomic E-state index is 0.182. The Hall–Kier alpha value is -0.610. The topological polar surface area (TPSA) is 12.0 Å². The first-order chi connectivity index (χ1) is 9.22. The summed E-state index contributed by atoms with van der Waals surface area (Å²) in [6, 6.07) is 4.30. The van der Waals surface area contributed by atoms with Crippen LogP contribution in [-0.4, -0.2) is 24.1 Å². The highest BCUT2D eigenvalue weighted by atomic mass is 32.2. The van der Waals surface area contributed by atoms with Gasteiger partial charge in [-0.3, -0.25) is 0 Å². The Morgan fingerprint density at radius 2 is 2.11 bits per heavy atom. The van der Waals surface area contributed by atoms with Gasteiger partial charge >= 0.3 is 0 Å². The van der Waals surface area contributed by atoms with Gasteiger partial charge in [-0.15, -0.1) is 0 Å². The number of hydrogen-bond donors (Lipinski definition) is 1. The minimum Gasteiger partial charge on any atom is -0.313 e. The monoisotopic (exact) mass is 285 g/mol. The number of rotatable bonds is 6. The van der Waals surface area contributed by atoms with E-state index in [1.807, 2.05) is 11.8 Å². The molecule has 4 heteroatoms. The zero-order valence-corrected chi connectivity index (χ0v) is 12.1. The molecule has 0 aromatic heterocycles. The van der Waals surface area contributed by atoms with Gasteiger partial charge in [0.25, 0.3) is 0 Å². The van der Waals surface area contributed by atoms with Gasteiger partial charge in [0.2, 0.25) is 0 Å². The van der Waals surface area contributed by atoms with E-state index < -0.39 is 11.6 Å². The average molecular weight is 285 g/mol. The van der Waals surface area contributed by atoms with Crippen LogP contribution in [0.2, 0.25) is 0 Å². The molecule has 0 spiro atoms. The largest absolute Gasteiger partial charge is 0.313 e. The standard InChI is InChI=1S/C15H21F2NS/c1-2-7-18-15(11-6-8-19-10-11)9-12-13(16)4-3-5-14(12)17/h3-5,11,15,18H,2,6-10H2,1H3. The van der Waals surface area contributed by atoms with Gasteiger partial charge in [0.15, 0.2) is 0 Å². The first-order valence-corrected chi connectivity index (χ1v) is 8.11. The van der Waals surface area contributed by atoms with Gasteiger partial charge in [0.05, 0.1) is 0 Å². The van der Waals surface area contributed by atoms with E-state index in [2.05, 4.69) is 12.2 Å². The zero-order valence-electron chi connectivity index (χ0n) is 11.3. The summed E-state index contributed by atoms with van der Waals surface area (Å²) in [6.07, 6.45) is 2.63. The van der Waals surface area contributed by atoms with Crippen LogP contribution in [0.4, 0.5) is 8.78 Å². The molecular weight excluding hydrogens is 264 g/mol. The second kappa shape index (κ2) is 7.25. The normalized spacial score (nSPS) is 20.7. The number of hydrogen-bond acceptors (Lipinski definition) is 2. The molecule has 0 bridgehead atoms. The van der Waals surface area contributed by atoms with Crippen molar-refractivity contribution in [3.8, 4) is 0 Å². The van der Waals surface area contributed by atoms with Crippen molar-refractivity contribution >= 4 is 11.8 Å². The molecule has 0 radical (unpaired) electrons. The molecule has 2 rings (SSSR count). The van der Waals surface area contributed by atoms with Crippen molar-refractivity contribution < 1.29 is 8.78 Å². The van der Waals surface area contributed by atoms with Crippen molar-refractivity contribution in [3.05, 3.63) is 35.4 Å². The molecule has 0 amide bonds. The van der Waals surface area contributed by atoms with Gasteiger partial charge < -0.3 is 5.32 Å². The number of thioether (sulfide) groups is 1. The Morgan fingerprint density at radius 1 is 1.37 bits per heavy atom. The summed E-state index contributed by atoms with van der Waals surface area (Å²) in [5, 5.41) is 3.47. The molecule has 1 heterocycles. The lowest BCUT2D eigenvalue weighted by Gasteiger charge is -2.24. The molecule has 0 saturated carbocycles. The molecule has 19 heavy (non-hydrogen) atoms. The maximum atomic E-state index is 13.7. The highest BCUT2D eigenvalue weighted by Gasteiger charge is 2.26. The van der Waals surface area contributed by atoms with Crippen molar-refractivity contribution in [2.24, 2.45) is 5.92 Å². The van der Waals surface area contributed by atoms with Crippen molar-refractivity contribution in [1.29, 1.82) is 0 Å². The van der Waals surface area contributed by atoms with Crippen LogP contribution >= 0.6 is 11.8 Å². The molecule has 0 aliphatic carbocycles. The van der Waals surface area contributed by atoms with Crippen LogP contribution in [-0.2, 0) is 6.42 Å². The first kappa shape index (κ1) is 14.8. The van der Waals surface area contributed by atoms with Crippen molar-refractivity contribution in [3.63, 3.8) is 0 Å². The molecule has 1 saturated heterocycles. The van der Waals surface area contributed by atoms with Gasteiger partial charge in [0.1, 0.15) is 11.6 Å². The molecule has 1 fully saturated rings. The predicted molar refractivity (Wildman–Crippen MR) is 77.6 cm³/mol. The Labute approximate surface area is 118 Å². The van der Waals surface area contributed by atoms with Crippen LogP contribution < -0.4 is 5.32 Å². The minimum atomic E-state index is -0.422.